The third-order valence-corrected chi connectivity index (χ3v) is 2.14. The minimum absolute atomic E-state index is 0.0507. The third-order valence-electron chi connectivity index (χ3n) is 2.14. The highest BCUT2D eigenvalue weighted by molar-refractivity contribution is 5.13. The molecule has 5 heteroatoms. The van der Waals surface area contributed by atoms with Gasteiger partial charge in [-0.05, 0) is 12.5 Å². The van der Waals surface area contributed by atoms with Crippen LogP contribution in [0.15, 0.2) is 30.3 Å². The van der Waals surface area contributed by atoms with E-state index in [9.17, 15) is 13.2 Å². The molecule has 0 amide bonds. The Balaban J connectivity index is 2.44. The van der Waals surface area contributed by atoms with Gasteiger partial charge >= 0.3 is 6.18 Å². The van der Waals surface area contributed by atoms with Crippen molar-refractivity contribution in [2.24, 2.45) is 0 Å². The van der Waals surface area contributed by atoms with Gasteiger partial charge in [0.05, 0.1) is 12.7 Å². The predicted molar refractivity (Wildman–Crippen MR) is 52.8 cm³/mol. The van der Waals surface area contributed by atoms with E-state index in [1.807, 2.05) is 0 Å². The SMILES string of the molecule is C[C@H](OCc1ccccc1)[C@@H](O)C(F)(F)F. The van der Waals surface area contributed by atoms with Crippen molar-refractivity contribution in [3.8, 4) is 0 Å². The van der Waals surface area contributed by atoms with Gasteiger partial charge < -0.3 is 9.84 Å². The lowest BCUT2D eigenvalue weighted by Crippen LogP contribution is -2.39. The maximum atomic E-state index is 12.1. The molecule has 90 valence electrons. The fraction of sp³-hybridized carbons (Fsp3) is 0.455. The summed E-state index contributed by atoms with van der Waals surface area (Å²) in [6.45, 7) is 1.25. The molecule has 1 aromatic rings. The highest BCUT2D eigenvalue weighted by Crippen LogP contribution is 2.24. The van der Waals surface area contributed by atoms with Gasteiger partial charge in [-0.1, -0.05) is 30.3 Å². The quantitative estimate of drug-likeness (QED) is 0.867. The number of aliphatic hydroxyl groups is 1. The molecule has 2 nitrogen and oxygen atoms in total. The second-order valence-corrected chi connectivity index (χ2v) is 3.49. The zero-order valence-electron chi connectivity index (χ0n) is 8.74. The molecule has 0 heterocycles. The largest absolute Gasteiger partial charge is 0.416 e. The van der Waals surface area contributed by atoms with Crippen LogP contribution in [0.2, 0.25) is 0 Å². The van der Waals surface area contributed by atoms with Gasteiger partial charge in [-0.25, -0.2) is 0 Å². The van der Waals surface area contributed by atoms with Crippen molar-refractivity contribution in [2.45, 2.75) is 31.9 Å². The van der Waals surface area contributed by atoms with Crippen LogP contribution < -0.4 is 0 Å². The molecule has 2 atom stereocenters. The average Bonchev–Trinajstić information content (AvgIpc) is 2.25. The number of benzene rings is 1. The van der Waals surface area contributed by atoms with Crippen LogP contribution in [0, 0.1) is 0 Å². The monoisotopic (exact) mass is 234 g/mol. The molecule has 16 heavy (non-hydrogen) atoms. The summed E-state index contributed by atoms with van der Waals surface area (Å²) in [6, 6.07) is 8.82. The summed E-state index contributed by atoms with van der Waals surface area (Å²) in [5.41, 5.74) is 0.767. The van der Waals surface area contributed by atoms with Crippen LogP contribution in [0.4, 0.5) is 13.2 Å². The molecule has 0 aliphatic heterocycles. The number of rotatable bonds is 4. The van der Waals surface area contributed by atoms with Crippen LogP contribution in [-0.2, 0) is 11.3 Å². The molecule has 0 aliphatic rings. The van der Waals surface area contributed by atoms with Crippen LogP contribution in [0.3, 0.4) is 0 Å². The first-order chi connectivity index (χ1) is 7.41. The molecule has 0 aliphatic carbocycles. The van der Waals surface area contributed by atoms with Gasteiger partial charge in [0.1, 0.15) is 0 Å². The lowest BCUT2D eigenvalue weighted by molar-refractivity contribution is -0.235. The van der Waals surface area contributed by atoms with Crippen LogP contribution in [-0.4, -0.2) is 23.5 Å². The normalized spacial score (nSPS) is 15.8. The Morgan fingerprint density at radius 2 is 1.81 bits per heavy atom. The van der Waals surface area contributed by atoms with Crippen LogP contribution in [0.25, 0.3) is 0 Å². The highest BCUT2D eigenvalue weighted by atomic mass is 19.4. The van der Waals surface area contributed by atoms with Crippen molar-refractivity contribution >= 4 is 0 Å². The summed E-state index contributed by atoms with van der Waals surface area (Å²) in [4.78, 5) is 0. The van der Waals surface area contributed by atoms with Crippen LogP contribution in [0.5, 0.6) is 0 Å². The van der Waals surface area contributed by atoms with Crippen molar-refractivity contribution < 1.29 is 23.0 Å². The molecule has 0 saturated carbocycles. The molecule has 0 fully saturated rings. The first kappa shape index (κ1) is 13.0. The van der Waals surface area contributed by atoms with Crippen molar-refractivity contribution in [3.63, 3.8) is 0 Å². The maximum Gasteiger partial charge on any atom is 0.416 e. The van der Waals surface area contributed by atoms with Crippen LogP contribution in [0.1, 0.15) is 12.5 Å². The Bertz CT molecular complexity index is 311. The molecular formula is C11H13F3O2. The summed E-state index contributed by atoms with van der Waals surface area (Å²) in [7, 11) is 0. The average molecular weight is 234 g/mol. The van der Waals surface area contributed by atoms with Gasteiger partial charge in [0.25, 0.3) is 0 Å². The lowest BCUT2D eigenvalue weighted by atomic mass is 10.2. The Labute approximate surface area is 91.7 Å². The maximum absolute atomic E-state index is 12.1. The molecular weight excluding hydrogens is 221 g/mol. The van der Waals surface area contributed by atoms with E-state index in [1.165, 1.54) is 6.92 Å². The molecule has 1 rings (SSSR count). The minimum Gasteiger partial charge on any atom is -0.381 e. The van der Waals surface area contributed by atoms with Gasteiger partial charge in [0.2, 0.25) is 0 Å². The van der Waals surface area contributed by atoms with E-state index in [2.05, 4.69) is 0 Å². The summed E-state index contributed by atoms with van der Waals surface area (Å²) >= 11 is 0. The molecule has 1 N–H and O–H groups in total. The first-order valence-corrected chi connectivity index (χ1v) is 4.81. The summed E-state index contributed by atoms with van der Waals surface area (Å²) in [5.74, 6) is 0. The number of hydrogen-bond acceptors (Lipinski definition) is 2. The van der Waals surface area contributed by atoms with Gasteiger partial charge in [-0.3, -0.25) is 0 Å². The fourth-order valence-corrected chi connectivity index (χ4v) is 1.16. The third kappa shape index (κ3) is 3.83. The Morgan fingerprint density at radius 1 is 1.25 bits per heavy atom. The number of ether oxygens (including phenoxy) is 1. The van der Waals surface area contributed by atoms with Crippen molar-refractivity contribution in [1.82, 2.24) is 0 Å². The second kappa shape index (κ2) is 5.32. The van der Waals surface area contributed by atoms with Gasteiger partial charge in [0.15, 0.2) is 6.10 Å². The van der Waals surface area contributed by atoms with E-state index >= 15 is 0 Å². The van der Waals surface area contributed by atoms with E-state index in [4.69, 9.17) is 9.84 Å². The number of alkyl halides is 3. The summed E-state index contributed by atoms with van der Waals surface area (Å²) < 4.78 is 41.2. The lowest BCUT2D eigenvalue weighted by Gasteiger charge is -2.21. The van der Waals surface area contributed by atoms with Crippen LogP contribution >= 0.6 is 0 Å². The zero-order chi connectivity index (χ0) is 12.2. The van der Waals surface area contributed by atoms with Crippen molar-refractivity contribution in [3.05, 3.63) is 35.9 Å². The molecule has 0 unspecified atom stereocenters. The molecule has 0 bridgehead atoms. The van der Waals surface area contributed by atoms with E-state index in [1.54, 1.807) is 30.3 Å². The van der Waals surface area contributed by atoms with E-state index < -0.39 is 18.4 Å². The van der Waals surface area contributed by atoms with E-state index in [-0.39, 0.29) is 6.61 Å². The first-order valence-electron chi connectivity index (χ1n) is 4.81. The molecule has 0 aromatic heterocycles. The Hall–Kier alpha value is -1.07. The van der Waals surface area contributed by atoms with Crippen molar-refractivity contribution in [2.75, 3.05) is 0 Å². The minimum atomic E-state index is -4.64. The second-order valence-electron chi connectivity index (χ2n) is 3.49. The number of halogens is 3. The summed E-state index contributed by atoms with van der Waals surface area (Å²) in [5, 5.41) is 8.88. The molecule has 0 saturated heterocycles. The number of hydrogen-bond donors (Lipinski definition) is 1. The molecule has 0 radical (unpaired) electrons. The topological polar surface area (TPSA) is 29.5 Å². The predicted octanol–water partition coefficient (Wildman–Crippen LogP) is 2.51. The van der Waals surface area contributed by atoms with Crippen molar-refractivity contribution in [1.29, 1.82) is 0 Å². The molecule has 1 aromatic carbocycles. The number of aliphatic hydroxyl groups excluding tert-OH is 1. The zero-order valence-corrected chi connectivity index (χ0v) is 8.74. The Kier molecular flexibility index (Phi) is 4.32. The fourth-order valence-electron chi connectivity index (χ4n) is 1.16. The van der Waals surface area contributed by atoms with Gasteiger partial charge in [-0.15, -0.1) is 0 Å². The van der Waals surface area contributed by atoms with E-state index in [0.29, 0.717) is 0 Å². The summed E-state index contributed by atoms with van der Waals surface area (Å²) in [6.07, 6.45) is -8.37. The van der Waals surface area contributed by atoms with E-state index in [0.717, 1.165) is 5.56 Å². The Morgan fingerprint density at radius 3 is 2.31 bits per heavy atom. The molecule has 0 spiro atoms. The smallest absolute Gasteiger partial charge is 0.381 e. The van der Waals surface area contributed by atoms with Gasteiger partial charge in [-0.2, -0.15) is 13.2 Å². The van der Waals surface area contributed by atoms with Gasteiger partial charge in [0, 0.05) is 0 Å². The highest BCUT2D eigenvalue weighted by Gasteiger charge is 2.42. The standard InChI is InChI=1S/C11H13F3O2/c1-8(10(15)11(12,13)14)16-7-9-5-3-2-4-6-9/h2-6,8,10,15H,7H2,1H3/t8-,10+/m0/s1.